The van der Waals surface area contributed by atoms with Gasteiger partial charge in [-0.3, -0.25) is 14.5 Å². The number of hydrogen-bond acceptors (Lipinski definition) is 4. The van der Waals surface area contributed by atoms with Crippen molar-refractivity contribution in [3.05, 3.63) is 29.3 Å². The summed E-state index contributed by atoms with van der Waals surface area (Å²) in [6.07, 6.45) is 0.139. The van der Waals surface area contributed by atoms with Crippen LogP contribution in [0.1, 0.15) is 31.4 Å². The lowest BCUT2D eigenvalue weighted by atomic mass is 10.1. The molecule has 0 aliphatic carbocycles. The minimum Gasteiger partial charge on any atom is -0.326 e. The Labute approximate surface area is 140 Å². The molecule has 2 amide bonds. The summed E-state index contributed by atoms with van der Waals surface area (Å²) in [5.41, 5.74) is 3.06. The van der Waals surface area contributed by atoms with Gasteiger partial charge in [-0.05, 0) is 51.0 Å². The molecule has 4 nitrogen and oxygen atoms in total. The van der Waals surface area contributed by atoms with E-state index in [4.69, 9.17) is 12.2 Å². The van der Waals surface area contributed by atoms with Gasteiger partial charge in [0, 0.05) is 18.2 Å². The van der Waals surface area contributed by atoms with E-state index >= 15 is 0 Å². The first-order chi connectivity index (χ1) is 10.3. The average Bonchev–Trinajstić information content (AvgIpc) is 2.68. The number of thiocarbonyl (C=S) groups is 1. The van der Waals surface area contributed by atoms with Crippen LogP contribution in [-0.2, 0) is 9.59 Å². The SMILES string of the molecule is Cc1ccc(NC(=O)CC2SC(=S)N(C(C)C)C2=O)cc1C. The van der Waals surface area contributed by atoms with Crippen LogP contribution in [0, 0.1) is 13.8 Å². The molecule has 1 fully saturated rings. The molecule has 1 aromatic rings. The fourth-order valence-corrected chi connectivity index (χ4v) is 4.02. The van der Waals surface area contributed by atoms with E-state index in [1.54, 1.807) is 4.90 Å². The molecule has 0 spiro atoms. The largest absolute Gasteiger partial charge is 0.326 e. The van der Waals surface area contributed by atoms with Crippen LogP contribution in [0.15, 0.2) is 18.2 Å². The lowest BCUT2D eigenvalue weighted by Gasteiger charge is -2.19. The molecule has 2 rings (SSSR count). The molecule has 1 N–H and O–H groups in total. The van der Waals surface area contributed by atoms with Gasteiger partial charge in [0.2, 0.25) is 11.8 Å². The fourth-order valence-electron chi connectivity index (χ4n) is 2.27. The van der Waals surface area contributed by atoms with Crippen molar-refractivity contribution in [2.75, 3.05) is 5.32 Å². The van der Waals surface area contributed by atoms with Crippen molar-refractivity contribution in [3.63, 3.8) is 0 Å². The van der Waals surface area contributed by atoms with Gasteiger partial charge in [-0.15, -0.1) is 0 Å². The Morgan fingerprint density at radius 2 is 2.05 bits per heavy atom. The summed E-state index contributed by atoms with van der Waals surface area (Å²) < 4.78 is 0.559. The molecule has 1 unspecified atom stereocenters. The predicted molar refractivity (Wildman–Crippen MR) is 95.1 cm³/mol. The maximum absolute atomic E-state index is 12.3. The normalized spacial score (nSPS) is 18.2. The highest BCUT2D eigenvalue weighted by Gasteiger charge is 2.39. The second kappa shape index (κ2) is 6.79. The molecular formula is C16H20N2O2S2. The van der Waals surface area contributed by atoms with Gasteiger partial charge in [-0.2, -0.15) is 0 Å². The second-order valence-corrected chi connectivity index (χ2v) is 7.56. The molecule has 1 heterocycles. The van der Waals surface area contributed by atoms with Crippen molar-refractivity contribution < 1.29 is 9.59 Å². The van der Waals surface area contributed by atoms with Gasteiger partial charge in [-0.1, -0.05) is 30.0 Å². The quantitative estimate of drug-likeness (QED) is 0.858. The number of thioether (sulfide) groups is 1. The number of rotatable bonds is 4. The Balaban J connectivity index is 1.99. The topological polar surface area (TPSA) is 49.4 Å². The second-order valence-electron chi connectivity index (χ2n) is 5.73. The Bertz CT molecular complexity index is 629. The monoisotopic (exact) mass is 336 g/mol. The van der Waals surface area contributed by atoms with E-state index in [-0.39, 0.29) is 24.3 Å². The van der Waals surface area contributed by atoms with Crippen molar-refractivity contribution in [3.8, 4) is 0 Å². The number of nitrogens with one attached hydrogen (secondary N) is 1. The Hall–Kier alpha value is -1.40. The minimum absolute atomic E-state index is 0.0281. The van der Waals surface area contributed by atoms with E-state index in [0.717, 1.165) is 11.3 Å². The van der Waals surface area contributed by atoms with Crippen molar-refractivity contribution in [1.82, 2.24) is 4.90 Å². The molecule has 1 saturated heterocycles. The molecule has 6 heteroatoms. The van der Waals surface area contributed by atoms with Crippen LogP contribution in [-0.4, -0.2) is 32.3 Å². The van der Waals surface area contributed by atoms with E-state index in [1.165, 1.54) is 17.3 Å². The number of benzene rings is 1. The summed E-state index contributed by atoms with van der Waals surface area (Å²) in [4.78, 5) is 26.0. The molecule has 22 heavy (non-hydrogen) atoms. The summed E-state index contributed by atoms with van der Waals surface area (Å²) >= 11 is 6.52. The zero-order chi connectivity index (χ0) is 16.4. The van der Waals surface area contributed by atoms with Crippen molar-refractivity contribution >= 4 is 45.8 Å². The summed E-state index contributed by atoms with van der Waals surface area (Å²) in [5.74, 6) is -0.234. The van der Waals surface area contributed by atoms with Gasteiger partial charge in [0.25, 0.3) is 0 Å². The smallest absolute Gasteiger partial charge is 0.242 e. The molecule has 0 bridgehead atoms. The van der Waals surface area contributed by atoms with Crippen molar-refractivity contribution in [2.45, 2.75) is 45.4 Å². The van der Waals surface area contributed by atoms with E-state index < -0.39 is 5.25 Å². The van der Waals surface area contributed by atoms with Crippen LogP contribution in [0.2, 0.25) is 0 Å². The van der Waals surface area contributed by atoms with Crippen LogP contribution in [0.5, 0.6) is 0 Å². The van der Waals surface area contributed by atoms with Gasteiger partial charge in [0.05, 0.1) is 5.25 Å². The molecule has 118 valence electrons. The van der Waals surface area contributed by atoms with Gasteiger partial charge < -0.3 is 5.32 Å². The maximum atomic E-state index is 12.3. The highest BCUT2D eigenvalue weighted by Crippen LogP contribution is 2.31. The standard InChI is InChI=1S/C16H20N2O2S2/c1-9(2)18-15(20)13(22-16(18)21)8-14(19)17-12-6-5-10(3)11(4)7-12/h5-7,9,13H,8H2,1-4H3,(H,17,19). The third-order valence-corrected chi connectivity index (χ3v) is 5.17. The third-order valence-electron chi connectivity index (χ3n) is 3.63. The zero-order valence-corrected chi connectivity index (χ0v) is 14.8. The first kappa shape index (κ1) is 17.0. The van der Waals surface area contributed by atoms with Gasteiger partial charge in [0.1, 0.15) is 4.32 Å². The minimum atomic E-state index is -0.415. The van der Waals surface area contributed by atoms with Crippen molar-refractivity contribution in [2.24, 2.45) is 0 Å². The molecule has 0 saturated carbocycles. The molecule has 1 atom stereocenters. The summed E-state index contributed by atoms with van der Waals surface area (Å²) in [5, 5.41) is 2.43. The number of carbonyl (C=O) groups excluding carboxylic acids is 2. The van der Waals surface area contributed by atoms with Crippen LogP contribution >= 0.6 is 24.0 Å². The molecule has 1 aliphatic rings. The maximum Gasteiger partial charge on any atom is 0.242 e. The number of anilines is 1. The molecule has 1 aromatic carbocycles. The van der Waals surface area contributed by atoms with Crippen LogP contribution in [0.25, 0.3) is 0 Å². The lowest BCUT2D eigenvalue weighted by Crippen LogP contribution is -2.37. The fraction of sp³-hybridized carbons (Fsp3) is 0.438. The number of hydrogen-bond donors (Lipinski definition) is 1. The number of carbonyl (C=O) groups is 2. The van der Waals surface area contributed by atoms with Gasteiger partial charge in [-0.25, -0.2) is 0 Å². The summed E-state index contributed by atoms with van der Waals surface area (Å²) in [7, 11) is 0. The number of amides is 2. The first-order valence-electron chi connectivity index (χ1n) is 7.20. The number of aryl methyl sites for hydroxylation is 2. The van der Waals surface area contributed by atoms with E-state index in [2.05, 4.69) is 5.32 Å². The molecule has 0 aromatic heterocycles. The van der Waals surface area contributed by atoms with Crippen LogP contribution in [0.4, 0.5) is 5.69 Å². The lowest BCUT2D eigenvalue weighted by molar-refractivity contribution is -0.129. The molecular weight excluding hydrogens is 316 g/mol. The molecule has 0 radical (unpaired) electrons. The van der Waals surface area contributed by atoms with Crippen molar-refractivity contribution in [1.29, 1.82) is 0 Å². The highest BCUT2D eigenvalue weighted by atomic mass is 32.2. The highest BCUT2D eigenvalue weighted by molar-refractivity contribution is 8.24. The summed E-state index contributed by atoms with van der Waals surface area (Å²) in [6, 6.07) is 5.80. The third kappa shape index (κ3) is 3.67. The zero-order valence-electron chi connectivity index (χ0n) is 13.2. The predicted octanol–water partition coefficient (Wildman–Crippen LogP) is 3.27. The van der Waals surface area contributed by atoms with E-state index in [9.17, 15) is 9.59 Å². The van der Waals surface area contributed by atoms with Gasteiger partial charge >= 0.3 is 0 Å². The molecule has 1 aliphatic heterocycles. The Kier molecular flexibility index (Phi) is 5.24. The van der Waals surface area contributed by atoms with Crippen LogP contribution in [0.3, 0.4) is 0 Å². The van der Waals surface area contributed by atoms with E-state index in [0.29, 0.717) is 4.32 Å². The Morgan fingerprint density at radius 3 is 2.59 bits per heavy atom. The average molecular weight is 336 g/mol. The number of nitrogens with zero attached hydrogens (tertiary/aromatic N) is 1. The van der Waals surface area contributed by atoms with Gasteiger partial charge in [0.15, 0.2) is 0 Å². The van der Waals surface area contributed by atoms with Crippen LogP contribution < -0.4 is 5.32 Å². The first-order valence-corrected chi connectivity index (χ1v) is 8.49. The van der Waals surface area contributed by atoms with E-state index in [1.807, 2.05) is 45.9 Å². The summed E-state index contributed by atoms with van der Waals surface area (Å²) in [6.45, 7) is 7.86. The Morgan fingerprint density at radius 1 is 1.36 bits per heavy atom.